The second-order valence-electron chi connectivity index (χ2n) is 7.33. The average molecular weight is 330 g/mol. The van der Waals surface area contributed by atoms with E-state index in [4.69, 9.17) is 4.52 Å². The van der Waals surface area contributed by atoms with E-state index in [-0.39, 0.29) is 0 Å². The summed E-state index contributed by atoms with van der Waals surface area (Å²) in [5, 5.41) is 8.36. The smallest absolute Gasteiger partial charge is 0.138 e. The minimum absolute atomic E-state index is 0.556. The van der Waals surface area contributed by atoms with Gasteiger partial charge in [0.05, 0.1) is 12.2 Å². The number of rotatable bonds is 4. The molecule has 7 heteroatoms. The Balaban J connectivity index is 1.40. The summed E-state index contributed by atoms with van der Waals surface area (Å²) >= 11 is 0. The van der Waals surface area contributed by atoms with Crippen molar-refractivity contribution in [3.05, 3.63) is 29.7 Å². The number of aromatic nitrogens is 4. The molecule has 0 saturated carbocycles. The number of hydrogen-bond donors (Lipinski definition) is 0. The lowest BCUT2D eigenvalue weighted by atomic mass is 9.92. The molecule has 0 radical (unpaired) electrons. The van der Waals surface area contributed by atoms with Gasteiger partial charge in [-0.15, -0.1) is 0 Å². The van der Waals surface area contributed by atoms with Crippen LogP contribution in [0.4, 0.5) is 0 Å². The van der Waals surface area contributed by atoms with E-state index >= 15 is 0 Å². The molecule has 0 unspecified atom stereocenters. The van der Waals surface area contributed by atoms with Gasteiger partial charge in [0, 0.05) is 30.7 Å². The monoisotopic (exact) mass is 330 g/mol. The van der Waals surface area contributed by atoms with E-state index in [0.717, 1.165) is 43.6 Å². The SMILES string of the molecule is Cc1noc(C)c1CN1CC[C@@H]2[C@@H](C[C@H](Cn3cncn3)N2C)C1. The van der Waals surface area contributed by atoms with Gasteiger partial charge in [0.2, 0.25) is 0 Å². The van der Waals surface area contributed by atoms with E-state index in [1.807, 2.05) is 24.9 Å². The van der Waals surface area contributed by atoms with Crippen LogP contribution in [0, 0.1) is 19.8 Å². The highest BCUT2D eigenvalue weighted by Crippen LogP contribution is 2.35. The zero-order valence-electron chi connectivity index (χ0n) is 14.7. The maximum atomic E-state index is 5.32. The molecule has 0 spiro atoms. The maximum Gasteiger partial charge on any atom is 0.138 e. The Labute approximate surface area is 142 Å². The molecule has 2 fully saturated rings. The third-order valence-electron chi connectivity index (χ3n) is 5.88. The average Bonchev–Trinajstić information content (AvgIpc) is 3.26. The highest BCUT2D eigenvalue weighted by Gasteiger charge is 2.42. The number of aryl methyl sites for hydroxylation is 2. The summed E-state index contributed by atoms with van der Waals surface area (Å²) in [4.78, 5) is 9.20. The van der Waals surface area contributed by atoms with Crippen LogP contribution in [0.25, 0.3) is 0 Å². The van der Waals surface area contributed by atoms with Crippen molar-refractivity contribution in [2.75, 3.05) is 20.1 Å². The molecule has 2 saturated heterocycles. The van der Waals surface area contributed by atoms with Crippen molar-refractivity contribution >= 4 is 0 Å². The first-order chi connectivity index (χ1) is 11.6. The second-order valence-corrected chi connectivity index (χ2v) is 7.33. The summed E-state index contributed by atoms with van der Waals surface area (Å²) in [5.41, 5.74) is 2.29. The van der Waals surface area contributed by atoms with Crippen molar-refractivity contribution in [2.24, 2.45) is 5.92 Å². The molecule has 2 aliphatic rings. The third kappa shape index (κ3) is 2.86. The molecule has 0 N–H and O–H groups in total. The first-order valence-corrected chi connectivity index (χ1v) is 8.80. The molecule has 0 aromatic carbocycles. The largest absolute Gasteiger partial charge is 0.361 e. The minimum atomic E-state index is 0.556. The van der Waals surface area contributed by atoms with Crippen LogP contribution in [0.1, 0.15) is 29.9 Å². The topological polar surface area (TPSA) is 63.2 Å². The van der Waals surface area contributed by atoms with Gasteiger partial charge in [-0.25, -0.2) is 4.98 Å². The fourth-order valence-corrected chi connectivity index (χ4v) is 4.49. The van der Waals surface area contributed by atoms with Crippen LogP contribution in [0.5, 0.6) is 0 Å². The van der Waals surface area contributed by atoms with Gasteiger partial charge in [-0.05, 0) is 46.2 Å². The molecule has 4 rings (SSSR count). The van der Waals surface area contributed by atoms with Crippen LogP contribution in [0.15, 0.2) is 17.2 Å². The van der Waals surface area contributed by atoms with Gasteiger partial charge in [-0.3, -0.25) is 14.5 Å². The Kier molecular flexibility index (Phi) is 4.14. The molecular weight excluding hydrogens is 304 g/mol. The highest BCUT2D eigenvalue weighted by atomic mass is 16.5. The molecule has 7 nitrogen and oxygen atoms in total. The molecule has 3 atom stereocenters. The molecule has 130 valence electrons. The van der Waals surface area contributed by atoms with Gasteiger partial charge in [0.1, 0.15) is 18.4 Å². The number of likely N-dealkylation sites (N-methyl/N-ethyl adjacent to an activating group) is 1. The first-order valence-electron chi connectivity index (χ1n) is 8.80. The second kappa shape index (κ2) is 6.29. The van der Waals surface area contributed by atoms with E-state index in [0.29, 0.717) is 12.1 Å². The first kappa shape index (κ1) is 15.8. The summed E-state index contributed by atoms with van der Waals surface area (Å²) in [6, 6.07) is 1.25. The summed E-state index contributed by atoms with van der Waals surface area (Å²) in [7, 11) is 2.27. The van der Waals surface area contributed by atoms with Crippen molar-refractivity contribution < 1.29 is 4.52 Å². The van der Waals surface area contributed by atoms with Gasteiger partial charge in [0.25, 0.3) is 0 Å². The molecular formula is C17H26N6O. The number of piperidine rings is 1. The lowest BCUT2D eigenvalue weighted by Crippen LogP contribution is -2.45. The quantitative estimate of drug-likeness (QED) is 0.846. The fraction of sp³-hybridized carbons (Fsp3) is 0.706. The van der Waals surface area contributed by atoms with Gasteiger partial charge in [-0.2, -0.15) is 5.10 Å². The van der Waals surface area contributed by atoms with Crippen molar-refractivity contribution in [2.45, 2.75) is 51.9 Å². The molecule has 0 amide bonds. The predicted octanol–water partition coefficient (Wildman–Crippen LogP) is 1.48. The van der Waals surface area contributed by atoms with Crippen LogP contribution >= 0.6 is 0 Å². The van der Waals surface area contributed by atoms with Crippen molar-refractivity contribution in [3.8, 4) is 0 Å². The molecule has 24 heavy (non-hydrogen) atoms. The fourth-order valence-electron chi connectivity index (χ4n) is 4.49. The van der Waals surface area contributed by atoms with Gasteiger partial charge in [-0.1, -0.05) is 5.16 Å². The minimum Gasteiger partial charge on any atom is -0.361 e. The number of likely N-dealkylation sites (tertiary alicyclic amines) is 2. The Hall–Kier alpha value is -1.73. The standard InChI is InChI=1S/C17H26N6O/c1-12-16(13(2)24-20-12)9-22-5-4-17-14(7-22)6-15(21(17)3)8-23-11-18-10-19-23/h10-11,14-15,17H,4-9H2,1-3H3/t14-,15+,17+/m0/s1. The number of hydrogen-bond acceptors (Lipinski definition) is 6. The molecule has 2 aromatic heterocycles. The van der Waals surface area contributed by atoms with Crippen molar-refractivity contribution in [3.63, 3.8) is 0 Å². The Morgan fingerprint density at radius 3 is 2.92 bits per heavy atom. The predicted molar refractivity (Wildman–Crippen MR) is 89.3 cm³/mol. The van der Waals surface area contributed by atoms with Crippen LogP contribution < -0.4 is 0 Å². The normalized spacial score (nSPS) is 28.4. The van der Waals surface area contributed by atoms with E-state index in [9.17, 15) is 0 Å². The lowest BCUT2D eigenvalue weighted by molar-refractivity contribution is 0.109. The van der Waals surface area contributed by atoms with Crippen LogP contribution in [-0.4, -0.2) is 61.9 Å². The van der Waals surface area contributed by atoms with Gasteiger partial charge >= 0.3 is 0 Å². The molecule has 0 aliphatic carbocycles. The van der Waals surface area contributed by atoms with E-state index < -0.39 is 0 Å². The Bertz CT molecular complexity index is 662. The van der Waals surface area contributed by atoms with Gasteiger partial charge < -0.3 is 4.52 Å². The van der Waals surface area contributed by atoms with E-state index in [2.05, 4.69) is 32.1 Å². The lowest BCUT2D eigenvalue weighted by Gasteiger charge is -2.37. The summed E-state index contributed by atoms with van der Waals surface area (Å²) in [6.07, 6.45) is 5.91. The summed E-state index contributed by atoms with van der Waals surface area (Å²) in [6.45, 7) is 8.25. The highest BCUT2D eigenvalue weighted by molar-refractivity contribution is 5.20. The van der Waals surface area contributed by atoms with E-state index in [1.54, 1.807) is 6.33 Å². The van der Waals surface area contributed by atoms with Crippen LogP contribution in [0.2, 0.25) is 0 Å². The zero-order chi connectivity index (χ0) is 16.7. The van der Waals surface area contributed by atoms with Crippen LogP contribution in [-0.2, 0) is 13.1 Å². The van der Waals surface area contributed by atoms with Crippen LogP contribution in [0.3, 0.4) is 0 Å². The maximum absolute atomic E-state index is 5.32. The molecule has 4 heterocycles. The summed E-state index contributed by atoms with van der Waals surface area (Å²) in [5.74, 6) is 1.69. The van der Waals surface area contributed by atoms with Gasteiger partial charge in [0.15, 0.2) is 0 Å². The zero-order valence-corrected chi connectivity index (χ0v) is 14.7. The third-order valence-corrected chi connectivity index (χ3v) is 5.88. The van der Waals surface area contributed by atoms with E-state index in [1.165, 1.54) is 18.4 Å². The van der Waals surface area contributed by atoms with Crippen molar-refractivity contribution in [1.82, 2.24) is 29.7 Å². The Morgan fingerprint density at radius 1 is 1.33 bits per heavy atom. The molecule has 2 aliphatic heterocycles. The number of nitrogens with zero attached hydrogens (tertiary/aromatic N) is 6. The molecule has 2 aromatic rings. The number of fused-ring (bicyclic) bond motifs is 1. The van der Waals surface area contributed by atoms with Crippen molar-refractivity contribution in [1.29, 1.82) is 0 Å². The Morgan fingerprint density at radius 2 is 2.21 bits per heavy atom. The summed E-state index contributed by atoms with van der Waals surface area (Å²) < 4.78 is 7.27. The molecule has 0 bridgehead atoms.